The lowest BCUT2D eigenvalue weighted by Gasteiger charge is -2.42. The molecule has 7 heteroatoms. The van der Waals surface area contributed by atoms with Crippen LogP contribution in [-0.2, 0) is 0 Å². The Morgan fingerprint density at radius 1 is 1.16 bits per heavy atom. The first-order valence-electron chi connectivity index (χ1n) is 11.2. The first-order chi connectivity index (χ1) is 15.6. The van der Waals surface area contributed by atoms with E-state index in [9.17, 15) is 5.11 Å². The number of aliphatic hydroxyl groups is 1. The van der Waals surface area contributed by atoms with Gasteiger partial charge in [0.15, 0.2) is 11.8 Å². The van der Waals surface area contributed by atoms with Gasteiger partial charge in [-0.2, -0.15) is 4.98 Å². The van der Waals surface area contributed by atoms with Crippen molar-refractivity contribution in [2.75, 3.05) is 18.4 Å². The minimum atomic E-state index is -0.756. The molecule has 0 spiro atoms. The zero-order valence-corrected chi connectivity index (χ0v) is 19.2. The van der Waals surface area contributed by atoms with Gasteiger partial charge in [0, 0.05) is 19.1 Å². The van der Waals surface area contributed by atoms with Crippen LogP contribution in [0.4, 0.5) is 6.01 Å². The van der Waals surface area contributed by atoms with Crippen LogP contribution in [0, 0.1) is 12.8 Å². The number of anilines is 1. The molecule has 32 heavy (non-hydrogen) atoms. The molecule has 2 aromatic heterocycles. The molecule has 0 radical (unpaired) electrons. The molecule has 3 heterocycles. The number of rotatable bonds is 6. The summed E-state index contributed by atoms with van der Waals surface area (Å²) in [6.45, 7) is 5.73. The van der Waals surface area contributed by atoms with Crippen molar-refractivity contribution in [1.82, 2.24) is 14.9 Å². The van der Waals surface area contributed by atoms with Gasteiger partial charge in [-0.3, -0.25) is 4.90 Å². The van der Waals surface area contributed by atoms with Gasteiger partial charge in [-0.25, -0.2) is 4.98 Å². The molecule has 3 atom stereocenters. The normalized spacial score (nSPS) is 20.5. The second-order valence-electron chi connectivity index (χ2n) is 8.48. The van der Waals surface area contributed by atoms with Crippen LogP contribution in [0.25, 0.3) is 21.5 Å². The van der Waals surface area contributed by atoms with E-state index in [4.69, 9.17) is 9.40 Å². The molecule has 2 N–H and O–H groups in total. The number of nitrogens with one attached hydrogen (secondary N) is 1. The highest BCUT2D eigenvalue weighted by Crippen LogP contribution is 2.38. The molecular weight excluding hydrogens is 420 g/mol. The van der Waals surface area contributed by atoms with Gasteiger partial charge in [0.1, 0.15) is 11.2 Å². The highest BCUT2D eigenvalue weighted by atomic mass is 32.1. The Hall–Kier alpha value is -2.74. The number of nitrogens with zero attached hydrogens (tertiary/aromatic N) is 3. The predicted octanol–water partition coefficient (Wildman–Crippen LogP) is 5.46. The van der Waals surface area contributed by atoms with Gasteiger partial charge in [-0.05, 0) is 43.4 Å². The highest BCUT2D eigenvalue weighted by molar-refractivity contribution is 7.15. The third kappa shape index (κ3) is 4.16. The Morgan fingerprint density at radius 2 is 1.94 bits per heavy atom. The number of hydrogen-bond acceptors (Lipinski definition) is 7. The average molecular weight is 449 g/mol. The summed E-state index contributed by atoms with van der Waals surface area (Å²) in [5.74, 6) is 0.426. The maximum absolute atomic E-state index is 11.5. The zero-order chi connectivity index (χ0) is 22.1. The van der Waals surface area contributed by atoms with Crippen LogP contribution < -0.4 is 5.32 Å². The molecule has 0 amide bonds. The molecule has 1 fully saturated rings. The van der Waals surface area contributed by atoms with E-state index < -0.39 is 6.23 Å². The van der Waals surface area contributed by atoms with Crippen LogP contribution in [0.3, 0.4) is 0 Å². The molecule has 2 aromatic carbocycles. The van der Waals surface area contributed by atoms with Crippen LogP contribution in [0.1, 0.15) is 36.7 Å². The molecule has 1 aliphatic heterocycles. The quantitative estimate of drug-likeness (QED) is 0.408. The number of para-hydroxylation sites is 2. The third-order valence-corrected chi connectivity index (χ3v) is 7.31. The van der Waals surface area contributed by atoms with Crippen molar-refractivity contribution in [3.8, 4) is 10.4 Å². The van der Waals surface area contributed by atoms with Gasteiger partial charge in [0.05, 0.1) is 9.88 Å². The van der Waals surface area contributed by atoms with Gasteiger partial charge in [-0.15, -0.1) is 11.3 Å². The predicted molar refractivity (Wildman–Crippen MR) is 129 cm³/mol. The van der Waals surface area contributed by atoms with E-state index in [2.05, 4.69) is 34.3 Å². The number of aromatic nitrogens is 2. The Balaban J connectivity index is 1.39. The van der Waals surface area contributed by atoms with Gasteiger partial charge in [0.25, 0.3) is 6.01 Å². The first kappa shape index (κ1) is 21.1. The number of aliphatic hydroxyl groups excluding tert-OH is 1. The number of oxazole rings is 1. The minimum Gasteiger partial charge on any atom is -0.424 e. The van der Waals surface area contributed by atoms with Crippen molar-refractivity contribution in [1.29, 1.82) is 0 Å². The van der Waals surface area contributed by atoms with E-state index >= 15 is 0 Å². The van der Waals surface area contributed by atoms with Gasteiger partial charge in [0.2, 0.25) is 0 Å². The maximum Gasteiger partial charge on any atom is 0.295 e. The van der Waals surface area contributed by atoms with E-state index in [-0.39, 0.29) is 6.04 Å². The molecule has 1 aliphatic rings. The molecule has 0 aliphatic carbocycles. The topological polar surface area (TPSA) is 74.4 Å². The third-order valence-electron chi connectivity index (χ3n) is 6.27. The lowest BCUT2D eigenvalue weighted by molar-refractivity contribution is -0.0572. The molecule has 0 saturated carbocycles. The van der Waals surface area contributed by atoms with Gasteiger partial charge < -0.3 is 14.8 Å². The van der Waals surface area contributed by atoms with Gasteiger partial charge >= 0.3 is 0 Å². The molecule has 4 aromatic rings. The van der Waals surface area contributed by atoms with Crippen LogP contribution in [0.5, 0.6) is 0 Å². The van der Waals surface area contributed by atoms with Crippen molar-refractivity contribution in [3.63, 3.8) is 0 Å². The van der Waals surface area contributed by atoms with E-state index in [0.717, 1.165) is 51.6 Å². The average Bonchev–Trinajstić information content (AvgIpc) is 3.41. The summed E-state index contributed by atoms with van der Waals surface area (Å²) >= 11 is 1.64. The lowest BCUT2D eigenvalue weighted by atomic mass is 9.90. The van der Waals surface area contributed by atoms with Crippen molar-refractivity contribution in [2.24, 2.45) is 5.92 Å². The molecule has 3 unspecified atom stereocenters. The second-order valence-corrected chi connectivity index (χ2v) is 9.68. The largest absolute Gasteiger partial charge is 0.424 e. The van der Waals surface area contributed by atoms with Crippen molar-refractivity contribution in [3.05, 3.63) is 65.3 Å². The lowest BCUT2D eigenvalue weighted by Crippen LogP contribution is -2.49. The number of fused-ring (bicyclic) bond motifs is 1. The van der Waals surface area contributed by atoms with Crippen LogP contribution in [0.15, 0.2) is 59.0 Å². The summed E-state index contributed by atoms with van der Waals surface area (Å²) in [6.07, 6.45) is 1.43. The highest BCUT2D eigenvalue weighted by Gasteiger charge is 2.35. The monoisotopic (exact) mass is 448 g/mol. The maximum atomic E-state index is 11.5. The summed E-state index contributed by atoms with van der Waals surface area (Å²) in [5, 5.41) is 15.8. The number of aryl methyl sites for hydroxylation is 1. The van der Waals surface area contributed by atoms with Crippen molar-refractivity contribution >= 4 is 28.5 Å². The van der Waals surface area contributed by atoms with Crippen LogP contribution in [0.2, 0.25) is 0 Å². The Morgan fingerprint density at radius 3 is 2.75 bits per heavy atom. The van der Waals surface area contributed by atoms with Crippen molar-refractivity contribution in [2.45, 2.75) is 39.0 Å². The van der Waals surface area contributed by atoms with E-state index in [1.807, 2.05) is 49.4 Å². The summed E-state index contributed by atoms with van der Waals surface area (Å²) in [7, 11) is 0. The Labute approximate surface area is 191 Å². The van der Waals surface area contributed by atoms with Gasteiger partial charge in [-0.1, -0.05) is 49.4 Å². The van der Waals surface area contributed by atoms with E-state index in [1.54, 1.807) is 11.3 Å². The standard InChI is InChI=1S/C25H28N4O2S/c1-16-9-8-14-29(20(16)15-26-25-28-19-12-6-7-13-21(19)31-25)24(30)22-23(32-17(2)27-22)18-10-4-3-5-11-18/h3-7,10-13,16,20,24,30H,8-9,14-15H2,1-2H3,(H,26,28). The zero-order valence-electron chi connectivity index (χ0n) is 18.4. The summed E-state index contributed by atoms with van der Waals surface area (Å²) in [6, 6.07) is 18.6. The second kappa shape index (κ2) is 9.02. The molecular formula is C25H28N4O2S. The Kier molecular flexibility index (Phi) is 5.95. The fourth-order valence-electron chi connectivity index (χ4n) is 4.61. The first-order valence-corrected chi connectivity index (χ1v) is 12.0. The summed E-state index contributed by atoms with van der Waals surface area (Å²) in [4.78, 5) is 12.5. The number of hydrogen-bond donors (Lipinski definition) is 2. The summed E-state index contributed by atoms with van der Waals surface area (Å²) in [5.41, 5.74) is 3.46. The molecule has 166 valence electrons. The summed E-state index contributed by atoms with van der Waals surface area (Å²) < 4.78 is 5.84. The molecule has 0 bridgehead atoms. The molecule has 1 saturated heterocycles. The molecule has 6 nitrogen and oxygen atoms in total. The number of thiazole rings is 1. The SMILES string of the molecule is Cc1nc(C(O)N2CCCC(C)C2CNc2nc3ccccc3o2)c(-c2ccccc2)s1. The van der Waals surface area contributed by atoms with Crippen molar-refractivity contribution < 1.29 is 9.52 Å². The number of benzene rings is 2. The Bertz CT molecular complexity index is 1160. The van der Waals surface area contributed by atoms with E-state index in [0.29, 0.717) is 18.5 Å². The van der Waals surface area contributed by atoms with Crippen LogP contribution in [-0.4, -0.2) is 39.1 Å². The number of likely N-dealkylation sites (tertiary alicyclic amines) is 1. The fraction of sp³-hybridized carbons (Fsp3) is 0.360. The smallest absolute Gasteiger partial charge is 0.295 e. The van der Waals surface area contributed by atoms with E-state index in [1.165, 1.54) is 0 Å². The minimum absolute atomic E-state index is 0.138. The van der Waals surface area contributed by atoms with Crippen LogP contribution >= 0.6 is 11.3 Å². The molecule has 5 rings (SSSR count). The fourth-order valence-corrected chi connectivity index (χ4v) is 5.56. The number of piperidine rings is 1.